The summed E-state index contributed by atoms with van der Waals surface area (Å²) >= 11 is 2.04. The van der Waals surface area contributed by atoms with Crippen molar-refractivity contribution in [1.29, 1.82) is 0 Å². The zero-order valence-corrected chi connectivity index (χ0v) is 7.22. The molecular weight excluding hydrogens is 128 g/mol. The molecule has 0 nitrogen and oxygen atoms in total. The van der Waals surface area contributed by atoms with Gasteiger partial charge >= 0.3 is 0 Å². The van der Waals surface area contributed by atoms with Crippen LogP contribution < -0.4 is 0 Å². The van der Waals surface area contributed by atoms with Crippen molar-refractivity contribution < 1.29 is 0 Å². The van der Waals surface area contributed by atoms with Gasteiger partial charge in [-0.2, -0.15) is 11.8 Å². The third kappa shape index (κ3) is 1.51. The topological polar surface area (TPSA) is 0 Å². The molecule has 0 aromatic carbocycles. The second-order valence-corrected chi connectivity index (χ2v) is 3.94. The molecule has 0 N–H and O–H groups in total. The molecule has 0 fully saturated rings. The Labute approximate surface area is 61.7 Å². The monoisotopic (exact) mass is 142 g/mol. The minimum Gasteiger partial charge on any atom is -0.153 e. The van der Waals surface area contributed by atoms with Gasteiger partial charge in [-0.1, -0.05) is 25.0 Å². The summed E-state index contributed by atoms with van der Waals surface area (Å²) in [5.41, 5.74) is 3.30. The number of hydrogen-bond acceptors (Lipinski definition) is 1. The Morgan fingerprint density at radius 1 is 1.33 bits per heavy atom. The predicted octanol–water partition coefficient (Wildman–Crippen LogP) is 2.71. The maximum absolute atomic E-state index is 2.28. The molecule has 0 aliphatic carbocycles. The first-order valence-electron chi connectivity index (χ1n) is 3.48. The highest BCUT2D eigenvalue weighted by atomic mass is 32.2. The molecule has 1 aliphatic rings. The Morgan fingerprint density at radius 3 is 2.22 bits per heavy atom. The molecule has 0 spiro atoms. The van der Waals surface area contributed by atoms with Gasteiger partial charge < -0.3 is 0 Å². The second-order valence-electron chi connectivity index (χ2n) is 2.95. The predicted molar refractivity (Wildman–Crippen MR) is 44.9 cm³/mol. The highest BCUT2D eigenvalue weighted by molar-refractivity contribution is 7.99. The SMILES string of the molecule is CC1=C(C(C)C)CSC1. The minimum absolute atomic E-state index is 0.778. The molecule has 0 amide bonds. The molecule has 1 aliphatic heterocycles. The van der Waals surface area contributed by atoms with E-state index in [1.165, 1.54) is 11.5 Å². The van der Waals surface area contributed by atoms with Gasteiger partial charge in [0.15, 0.2) is 0 Å². The fraction of sp³-hybridized carbons (Fsp3) is 0.750. The van der Waals surface area contributed by atoms with E-state index in [2.05, 4.69) is 20.8 Å². The Morgan fingerprint density at radius 2 is 2.00 bits per heavy atom. The van der Waals surface area contributed by atoms with Crippen LogP contribution in [0.25, 0.3) is 0 Å². The number of rotatable bonds is 1. The Balaban J connectivity index is 2.66. The van der Waals surface area contributed by atoms with Crippen LogP contribution in [-0.2, 0) is 0 Å². The lowest BCUT2D eigenvalue weighted by molar-refractivity contribution is 0.766. The van der Waals surface area contributed by atoms with Crippen molar-refractivity contribution >= 4 is 11.8 Å². The Kier molecular flexibility index (Phi) is 2.23. The van der Waals surface area contributed by atoms with Crippen LogP contribution in [0.15, 0.2) is 11.1 Å². The lowest BCUT2D eigenvalue weighted by atomic mass is 10.0. The zero-order chi connectivity index (χ0) is 6.85. The molecule has 52 valence electrons. The normalized spacial score (nSPS) is 20.0. The summed E-state index contributed by atoms with van der Waals surface area (Å²) in [6.45, 7) is 6.82. The van der Waals surface area contributed by atoms with Crippen molar-refractivity contribution in [1.82, 2.24) is 0 Å². The van der Waals surface area contributed by atoms with Gasteiger partial charge in [0, 0.05) is 11.5 Å². The molecular formula is C8H14S. The van der Waals surface area contributed by atoms with Crippen molar-refractivity contribution in [3.8, 4) is 0 Å². The van der Waals surface area contributed by atoms with Crippen LogP contribution in [0.1, 0.15) is 20.8 Å². The third-order valence-corrected chi connectivity index (χ3v) is 2.97. The third-order valence-electron chi connectivity index (χ3n) is 1.82. The van der Waals surface area contributed by atoms with Crippen LogP contribution in [0, 0.1) is 5.92 Å². The van der Waals surface area contributed by atoms with Crippen LogP contribution in [-0.4, -0.2) is 11.5 Å². The first kappa shape index (κ1) is 7.20. The Bertz CT molecular complexity index is 134. The van der Waals surface area contributed by atoms with Gasteiger partial charge in [-0.05, 0) is 12.8 Å². The van der Waals surface area contributed by atoms with Gasteiger partial charge in [-0.3, -0.25) is 0 Å². The van der Waals surface area contributed by atoms with E-state index in [1.807, 2.05) is 11.8 Å². The maximum atomic E-state index is 2.28. The van der Waals surface area contributed by atoms with Crippen LogP contribution in [0.4, 0.5) is 0 Å². The van der Waals surface area contributed by atoms with Crippen molar-refractivity contribution in [2.75, 3.05) is 11.5 Å². The highest BCUT2D eigenvalue weighted by Crippen LogP contribution is 2.28. The molecule has 0 aromatic heterocycles. The molecule has 1 heterocycles. The zero-order valence-electron chi connectivity index (χ0n) is 6.40. The molecule has 0 aromatic rings. The summed E-state index contributed by atoms with van der Waals surface area (Å²) in [6.07, 6.45) is 0. The molecule has 0 saturated heterocycles. The van der Waals surface area contributed by atoms with E-state index < -0.39 is 0 Å². The maximum Gasteiger partial charge on any atom is 0.0151 e. The largest absolute Gasteiger partial charge is 0.153 e. The van der Waals surface area contributed by atoms with E-state index in [9.17, 15) is 0 Å². The van der Waals surface area contributed by atoms with Gasteiger partial charge in [0.25, 0.3) is 0 Å². The van der Waals surface area contributed by atoms with Gasteiger partial charge in [0.2, 0.25) is 0 Å². The second kappa shape index (κ2) is 2.78. The first-order valence-corrected chi connectivity index (χ1v) is 4.63. The van der Waals surface area contributed by atoms with Crippen molar-refractivity contribution in [3.63, 3.8) is 0 Å². The van der Waals surface area contributed by atoms with Crippen LogP contribution in [0.5, 0.6) is 0 Å². The summed E-state index contributed by atoms with van der Waals surface area (Å²) in [5.74, 6) is 3.33. The summed E-state index contributed by atoms with van der Waals surface area (Å²) in [7, 11) is 0. The number of thioether (sulfide) groups is 1. The minimum atomic E-state index is 0.778. The molecule has 1 rings (SSSR count). The van der Waals surface area contributed by atoms with Gasteiger partial charge in [0.1, 0.15) is 0 Å². The van der Waals surface area contributed by atoms with Crippen molar-refractivity contribution in [3.05, 3.63) is 11.1 Å². The quantitative estimate of drug-likeness (QED) is 0.507. The summed E-state index contributed by atoms with van der Waals surface area (Å²) in [4.78, 5) is 0. The van der Waals surface area contributed by atoms with E-state index in [4.69, 9.17) is 0 Å². The van der Waals surface area contributed by atoms with E-state index in [0.717, 1.165) is 5.92 Å². The fourth-order valence-electron chi connectivity index (χ4n) is 1.19. The average molecular weight is 142 g/mol. The van der Waals surface area contributed by atoms with Crippen molar-refractivity contribution in [2.24, 2.45) is 5.92 Å². The van der Waals surface area contributed by atoms with Gasteiger partial charge in [0.05, 0.1) is 0 Å². The standard InChI is InChI=1S/C8H14S/c1-6(2)8-5-9-4-7(8)3/h6H,4-5H2,1-3H3. The van der Waals surface area contributed by atoms with Crippen LogP contribution in [0.2, 0.25) is 0 Å². The molecule has 9 heavy (non-hydrogen) atoms. The van der Waals surface area contributed by atoms with E-state index in [0.29, 0.717) is 0 Å². The first-order chi connectivity index (χ1) is 4.22. The van der Waals surface area contributed by atoms with E-state index in [1.54, 1.807) is 11.1 Å². The summed E-state index contributed by atoms with van der Waals surface area (Å²) in [6, 6.07) is 0. The lowest BCUT2D eigenvalue weighted by Gasteiger charge is -2.05. The highest BCUT2D eigenvalue weighted by Gasteiger charge is 2.12. The van der Waals surface area contributed by atoms with E-state index in [-0.39, 0.29) is 0 Å². The van der Waals surface area contributed by atoms with Gasteiger partial charge in [-0.25, -0.2) is 0 Å². The molecule has 0 atom stereocenters. The van der Waals surface area contributed by atoms with Crippen LogP contribution >= 0.6 is 11.8 Å². The summed E-state index contributed by atoms with van der Waals surface area (Å²) < 4.78 is 0. The van der Waals surface area contributed by atoms with Crippen LogP contribution in [0.3, 0.4) is 0 Å². The average Bonchev–Trinajstić information content (AvgIpc) is 2.13. The molecule has 0 unspecified atom stereocenters. The van der Waals surface area contributed by atoms with E-state index >= 15 is 0 Å². The Hall–Kier alpha value is 0.0900. The smallest absolute Gasteiger partial charge is 0.0151 e. The number of hydrogen-bond donors (Lipinski definition) is 0. The fourth-order valence-corrected chi connectivity index (χ4v) is 2.58. The molecule has 0 saturated carbocycles. The summed E-state index contributed by atoms with van der Waals surface area (Å²) in [5, 5.41) is 0. The molecule has 0 bridgehead atoms. The molecule has 1 heteroatoms. The van der Waals surface area contributed by atoms with Crippen molar-refractivity contribution in [2.45, 2.75) is 20.8 Å². The van der Waals surface area contributed by atoms with Gasteiger partial charge in [-0.15, -0.1) is 0 Å². The lowest BCUT2D eigenvalue weighted by Crippen LogP contribution is -1.94. The molecule has 0 radical (unpaired) electrons.